The van der Waals surface area contributed by atoms with Crippen LogP contribution < -0.4 is 10.3 Å². The molecule has 1 unspecified atom stereocenters. The SMILES string of the molecule is O=C(O)C1=NN(c2ccc(S(=O)(=O)O)cc2)C(=O)C1N=Nc1ccc(NC(=O)c2cc(Cl)nnc2Cl)cc1S(=O)(=O)O.[Na].[Na].[Na]. The molecule has 1 atom stereocenters. The number of carboxylic acid groups (broad SMARTS) is 1. The van der Waals surface area contributed by atoms with Crippen molar-refractivity contribution in [2.24, 2.45) is 15.3 Å². The Bertz CT molecular complexity index is 1930. The quantitative estimate of drug-likeness (QED) is 0.146. The number of hydrogen-bond acceptors (Lipinski definition) is 12. The molecule has 0 saturated carbocycles. The zero-order chi connectivity index (χ0) is 31.0. The molecule has 17 nitrogen and oxygen atoms in total. The van der Waals surface area contributed by atoms with Gasteiger partial charge in [-0.3, -0.25) is 18.7 Å². The average Bonchev–Trinajstić information content (AvgIpc) is 3.24. The van der Waals surface area contributed by atoms with Gasteiger partial charge in [0.05, 0.1) is 16.1 Å². The zero-order valence-electron chi connectivity index (χ0n) is 23.2. The summed E-state index contributed by atoms with van der Waals surface area (Å²) in [6.45, 7) is 0. The van der Waals surface area contributed by atoms with E-state index in [0.29, 0.717) is 5.01 Å². The van der Waals surface area contributed by atoms with Gasteiger partial charge >= 0.3 is 5.97 Å². The summed E-state index contributed by atoms with van der Waals surface area (Å²) in [4.78, 5) is 35.9. The fourth-order valence-electron chi connectivity index (χ4n) is 3.36. The van der Waals surface area contributed by atoms with E-state index < -0.39 is 65.3 Å². The number of halogens is 2. The van der Waals surface area contributed by atoms with Crippen molar-refractivity contribution in [3.05, 3.63) is 64.4 Å². The fraction of sp³-hybridized carbons (Fsp3) is 0.0476. The first-order chi connectivity index (χ1) is 19.6. The van der Waals surface area contributed by atoms with Crippen LogP contribution in [0.3, 0.4) is 0 Å². The van der Waals surface area contributed by atoms with Gasteiger partial charge in [0.1, 0.15) is 10.6 Å². The number of benzene rings is 2. The van der Waals surface area contributed by atoms with Gasteiger partial charge in [0, 0.05) is 94.4 Å². The first-order valence-corrected chi connectivity index (χ1v) is 14.5. The van der Waals surface area contributed by atoms with Crippen molar-refractivity contribution in [2.45, 2.75) is 15.8 Å². The molecule has 4 rings (SSSR count). The Balaban J connectivity index is 0.00000337. The van der Waals surface area contributed by atoms with E-state index in [2.05, 4.69) is 30.8 Å². The number of anilines is 2. The Labute approximate surface area is 330 Å². The summed E-state index contributed by atoms with van der Waals surface area (Å²) in [7, 11) is -9.57. The number of amides is 2. The van der Waals surface area contributed by atoms with Crippen LogP contribution in [0.2, 0.25) is 10.3 Å². The number of carboxylic acids is 1. The molecule has 0 aliphatic carbocycles. The second kappa shape index (κ2) is 16.6. The number of carbonyl (C=O) groups excluding carboxylic acids is 2. The van der Waals surface area contributed by atoms with E-state index in [9.17, 15) is 40.9 Å². The number of nitrogens with zero attached hydrogens (tertiary/aromatic N) is 6. The number of rotatable bonds is 8. The molecule has 0 fully saturated rings. The van der Waals surface area contributed by atoms with Gasteiger partial charge in [-0.05, 0) is 48.5 Å². The molecule has 45 heavy (non-hydrogen) atoms. The number of aromatic nitrogens is 2. The van der Waals surface area contributed by atoms with Crippen molar-refractivity contribution in [3.63, 3.8) is 0 Å². The largest absolute Gasteiger partial charge is 0.477 e. The molecular formula is C21H13Cl2N7Na3O10S2. The number of hydrazone groups is 1. The minimum atomic E-state index is -5.02. The first kappa shape index (κ1) is 41.6. The minimum absolute atomic E-state index is 0. The molecule has 2 heterocycles. The predicted octanol–water partition coefficient (Wildman–Crippen LogP) is 1.33. The van der Waals surface area contributed by atoms with Crippen LogP contribution in [0, 0.1) is 0 Å². The van der Waals surface area contributed by atoms with Gasteiger partial charge in [-0.15, -0.1) is 10.2 Å². The molecule has 0 spiro atoms. The van der Waals surface area contributed by atoms with Crippen LogP contribution in [0.25, 0.3) is 0 Å². The third-order valence-corrected chi connectivity index (χ3v) is 7.46. The molecular weight excluding hydrogens is 714 g/mol. The minimum Gasteiger partial charge on any atom is -0.477 e. The topological polar surface area (TPSA) is 258 Å². The van der Waals surface area contributed by atoms with Crippen LogP contribution in [0.15, 0.2) is 73.7 Å². The van der Waals surface area contributed by atoms with Crippen molar-refractivity contribution < 1.29 is 45.4 Å². The average molecular weight is 727 g/mol. The first-order valence-electron chi connectivity index (χ1n) is 10.8. The molecule has 0 bridgehead atoms. The number of nitrogens with one attached hydrogen (secondary N) is 1. The van der Waals surface area contributed by atoms with Crippen LogP contribution >= 0.6 is 23.2 Å². The van der Waals surface area contributed by atoms with Crippen molar-refractivity contribution in [2.75, 3.05) is 10.3 Å². The molecule has 3 aromatic rings. The molecule has 3 radical (unpaired) electrons. The van der Waals surface area contributed by atoms with E-state index in [1.807, 2.05) is 0 Å². The molecule has 4 N–H and O–H groups in total. The van der Waals surface area contributed by atoms with E-state index in [0.717, 1.165) is 48.5 Å². The molecule has 1 aliphatic heterocycles. The number of azo groups is 1. The summed E-state index contributed by atoms with van der Waals surface area (Å²) < 4.78 is 65.5. The standard InChI is InChI=1S/C21H13Cl2N7O10S2.3Na/c22-15-8-12(18(23)28-26-15)19(31)24-9-1-6-13(14(7-9)42(38,39)40)25-27-16-17(21(33)34)29-30(20(16)32)10-2-4-11(5-3-10)41(35,36)37;;;/h1-8,16H,(H,24,31)(H,33,34)(H,35,36,37)(H,38,39,40);;;. The Morgan fingerprint density at radius 1 is 0.911 bits per heavy atom. The maximum absolute atomic E-state index is 12.9. The fourth-order valence-corrected chi connectivity index (χ4v) is 4.82. The summed E-state index contributed by atoms with van der Waals surface area (Å²) >= 11 is 11.6. The van der Waals surface area contributed by atoms with Gasteiger partial charge < -0.3 is 10.4 Å². The van der Waals surface area contributed by atoms with Crippen molar-refractivity contribution in [3.8, 4) is 0 Å². The van der Waals surface area contributed by atoms with E-state index in [-0.39, 0.29) is 116 Å². The number of hydrogen-bond donors (Lipinski definition) is 4. The van der Waals surface area contributed by atoms with Gasteiger partial charge in [-0.2, -0.15) is 37.2 Å². The maximum Gasteiger partial charge on any atom is 0.355 e. The normalized spacial score (nSPS) is 14.6. The van der Waals surface area contributed by atoms with Crippen molar-refractivity contribution >= 4 is 173 Å². The van der Waals surface area contributed by atoms with Crippen LogP contribution in [0.5, 0.6) is 0 Å². The molecule has 1 aromatic heterocycles. The Hall–Kier alpha value is -1.40. The summed E-state index contributed by atoms with van der Waals surface area (Å²) in [6, 6.07) is 6.17. The monoisotopic (exact) mass is 726 g/mol. The second-order valence-corrected chi connectivity index (χ2v) is 11.6. The van der Waals surface area contributed by atoms with Gasteiger partial charge in [-0.1, -0.05) is 23.2 Å². The predicted molar refractivity (Wildman–Crippen MR) is 161 cm³/mol. The van der Waals surface area contributed by atoms with Crippen LogP contribution in [0.1, 0.15) is 10.4 Å². The number of aliphatic carboxylic acids is 1. The Kier molecular flexibility index (Phi) is 15.4. The van der Waals surface area contributed by atoms with Crippen molar-refractivity contribution in [1.82, 2.24) is 10.2 Å². The molecule has 24 heteroatoms. The molecule has 1 aliphatic rings. The molecule has 2 amide bonds. The molecule has 2 aromatic carbocycles. The van der Waals surface area contributed by atoms with Gasteiger partial charge in [0.2, 0.25) is 6.04 Å². The summed E-state index contributed by atoms with van der Waals surface area (Å²) in [5, 5.41) is 29.8. The Morgan fingerprint density at radius 3 is 2.09 bits per heavy atom. The second-order valence-electron chi connectivity index (χ2n) is 8.01. The third kappa shape index (κ3) is 10.0. The number of carbonyl (C=O) groups is 3. The van der Waals surface area contributed by atoms with E-state index in [1.165, 1.54) is 0 Å². The van der Waals surface area contributed by atoms with E-state index in [4.69, 9.17) is 27.8 Å². The molecule has 0 saturated heterocycles. The summed E-state index contributed by atoms with van der Waals surface area (Å²) in [5.41, 5.74) is -1.82. The smallest absolute Gasteiger partial charge is 0.355 e. The summed E-state index contributed by atoms with van der Waals surface area (Å²) in [6.07, 6.45) is 0. The van der Waals surface area contributed by atoms with Gasteiger partial charge in [0.25, 0.3) is 32.1 Å². The maximum atomic E-state index is 12.9. The van der Waals surface area contributed by atoms with Crippen LogP contribution in [-0.4, -0.2) is 159 Å². The van der Waals surface area contributed by atoms with E-state index >= 15 is 0 Å². The zero-order valence-corrected chi connectivity index (χ0v) is 32.3. The third-order valence-electron chi connectivity index (χ3n) is 5.25. The van der Waals surface area contributed by atoms with Gasteiger partial charge in [0.15, 0.2) is 16.0 Å². The van der Waals surface area contributed by atoms with Gasteiger partial charge in [-0.25, -0.2) is 4.79 Å². The molecule has 221 valence electrons. The van der Waals surface area contributed by atoms with Crippen LogP contribution in [-0.2, 0) is 29.8 Å². The summed E-state index contributed by atoms with van der Waals surface area (Å²) in [5.74, 6) is -3.60. The Morgan fingerprint density at radius 2 is 1.53 bits per heavy atom. The van der Waals surface area contributed by atoms with Crippen LogP contribution in [0.4, 0.5) is 17.1 Å². The van der Waals surface area contributed by atoms with Crippen molar-refractivity contribution in [1.29, 1.82) is 0 Å². The van der Waals surface area contributed by atoms with E-state index in [1.54, 1.807) is 0 Å².